The lowest BCUT2D eigenvalue weighted by atomic mass is 10.0. The van der Waals surface area contributed by atoms with Gasteiger partial charge in [-0.3, -0.25) is 4.79 Å². The molecule has 0 spiro atoms. The maximum atomic E-state index is 13.1. The van der Waals surface area contributed by atoms with Gasteiger partial charge >= 0.3 is 0 Å². The second-order valence-corrected chi connectivity index (χ2v) is 9.62. The van der Waals surface area contributed by atoms with Crippen LogP contribution in [-0.4, -0.2) is 58.5 Å². The van der Waals surface area contributed by atoms with Crippen molar-refractivity contribution in [2.24, 2.45) is 0 Å². The van der Waals surface area contributed by atoms with Crippen LogP contribution in [0.25, 0.3) is 33.5 Å². The molecule has 1 heterocycles. The Labute approximate surface area is 255 Å². The van der Waals surface area contributed by atoms with E-state index in [9.17, 15) is 4.79 Å². The van der Waals surface area contributed by atoms with Crippen molar-refractivity contribution in [3.63, 3.8) is 0 Å². The minimum absolute atomic E-state index is 0.222. The average molecular weight is 596 g/mol. The average Bonchev–Trinajstić information content (AvgIpc) is 3.08. The topological polar surface area (TPSA) is 110 Å². The molecule has 0 aliphatic heterocycles. The Kier molecular flexibility index (Phi) is 8.99. The molecule has 0 unspecified atom stereocenters. The number of rotatable bonds is 11. The summed E-state index contributed by atoms with van der Waals surface area (Å²) >= 11 is 0. The quantitative estimate of drug-likeness (QED) is 0.198. The van der Waals surface area contributed by atoms with Gasteiger partial charge in [0.15, 0.2) is 23.0 Å². The van der Waals surface area contributed by atoms with Gasteiger partial charge in [-0.25, -0.2) is 9.97 Å². The Morgan fingerprint density at radius 3 is 1.52 bits per heavy atom. The van der Waals surface area contributed by atoms with Gasteiger partial charge < -0.3 is 33.7 Å². The number of aromatic nitrogens is 2. The normalized spacial score (nSPS) is 10.7. The molecule has 0 saturated heterocycles. The number of ether oxygens (including phenoxy) is 6. The lowest BCUT2D eigenvalue weighted by Crippen LogP contribution is -2.22. The van der Waals surface area contributed by atoms with Crippen molar-refractivity contribution >= 4 is 16.9 Å². The zero-order valence-electron chi connectivity index (χ0n) is 25.4. The molecule has 1 aromatic heterocycles. The van der Waals surface area contributed by atoms with Gasteiger partial charge in [0.05, 0.1) is 65.1 Å². The van der Waals surface area contributed by atoms with Gasteiger partial charge in [-0.2, -0.15) is 0 Å². The van der Waals surface area contributed by atoms with Crippen LogP contribution in [0.15, 0.2) is 72.8 Å². The predicted octanol–water partition coefficient (Wildman–Crippen LogP) is 5.95. The van der Waals surface area contributed by atoms with Crippen molar-refractivity contribution in [2.45, 2.75) is 6.54 Å². The van der Waals surface area contributed by atoms with Crippen LogP contribution in [0.1, 0.15) is 15.9 Å². The Hall–Kier alpha value is -5.51. The Morgan fingerprint density at radius 1 is 0.591 bits per heavy atom. The van der Waals surface area contributed by atoms with E-state index in [4.69, 9.17) is 38.4 Å². The number of carbonyl (C=O) groups excluding carboxylic acids is 1. The summed E-state index contributed by atoms with van der Waals surface area (Å²) in [6.07, 6.45) is 0. The first-order valence-electron chi connectivity index (χ1n) is 13.7. The van der Waals surface area contributed by atoms with E-state index < -0.39 is 0 Å². The van der Waals surface area contributed by atoms with E-state index in [0.29, 0.717) is 80.2 Å². The molecule has 226 valence electrons. The van der Waals surface area contributed by atoms with Gasteiger partial charge in [0.25, 0.3) is 5.91 Å². The van der Waals surface area contributed by atoms with Gasteiger partial charge in [0.2, 0.25) is 11.5 Å². The van der Waals surface area contributed by atoms with E-state index in [2.05, 4.69) is 5.32 Å². The molecule has 0 bridgehead atoms. The minimum atomic E-state index is -0.222. The number of nitrogens with zero attached hydrogens (tertiary/aromatic N) is 2. The molecular weight excluding hydrogens is 562 g/mol. The molecule has 10 heteroatoms. The summed E-state index contributed by atoms with van der Waals surface area (Å²) in [5.41, 5.74) is 4.93. The molecule has 1 amide bonds. The first kappa shape index (κ1) is 30.0. The lowest BCUT2D eigenvalue weighted by Gasteiger charge is -2.18. The van der Waals surface area contributed by atoms with Gasteiger partial charge in [0, 0.05) is 23.2 Å². The first-order valence-corrected chi connectivity index (χ1v) is 13.7. The number of hydrogen-bond acceptors (Lipinski definition) is 9. The highest BCUT2D eigenvalue weighted by atomic mass is 16.5. The smallest absolute Gasteiger partial charge is 0.251 e. The van der Waals surface area contributed by atoms with Crippen molar-refractivity contribution in [1.82, 2.24) is 15.3 Å². The fourth-order valence-corrected chi connectivity index (χ4v) is 4.91. The third kappa shape index (κ3) is 5.87. The fourth-order valence-electron chi connectivity index (χ4n) is 4.91. The number of nitrogens with one attached hydrogen (secondary N) is 1. The van der Waals surface area contributed by atoms with Crippen molar-refractivity contribution in [2.75, 3.05) is 42.7 Å². The summed E-state index contributed by atoms with van der Waals surface area (Å²) in [5.74, 6) is 2.50. The van der Waals surface area contributed by atoms with Crippen LogP contribution in [0.5, 0.6) is 34.5 Å². The van der Waals surface area contributed by atoms with Crippen molar-refractivity contribution in [3.8, 4) is 57.0 Å². The fraction of sp³-hybridized carbons (Fsp3) is 0.206. The number of carbonyl (C=O) groups is 1. The molecule has 10 nitrogen and oxygen atoms in total. The number of fused-ring (bicyclic) bond motifs is 1. The van der Waals surface area contributed by atoms with Crippen LogP contribution in [-0.2, 0) is 6.54 Å². The largest absolute Gasteiger partial charge is 0.493 e. The summed E-state index contributed by atoms with van der Waals surface area (Å²) in [4.78, 5) is 23.2. The summed E-state index contributed by atoms with van der Waals surface area (Å²) in [6, 6.07) is 22.2. The second kappa shape index (κ2) is 13.2. The van der Waals surface area contributed by atoms with Crippen LogP contribution >= 0.6 is 0 Å². The maximum Gasteiger partial charge on any atom is 0.251 e. The highest BCUT2D eigenvalue weighted by Crippen LogP contribution is 2.45. The molecule has 5 aromatic rings. The van der Waals surface area contributed by atoms with Crippen LogP contribution in [0.3, 0.4) is 0 Å². The highest BCUT2D eigenvalue weighted by Gasteiger charge is 2.22. The zero-order valence-corrected chi connectivity index (χ0v) is 25.4. The summed E-state index contributed by atoms with van der Waals surface area (Å²) in [7, 11) is 9.29. The van der Waals surface area contributed by atoms with Gasteiger partial charge in [-0.15, -0.1) is 0 Å². The third-order valence-electron chi connectivity index (χ3n) is 7.10. The van der Waals surface area contributed by atoms with E-state index in [0.717, 1.165) is 5.56 Å². The van der Waals surface area contributed by atoms with Crippen molar-refractivity contribution in [3.05, 3.63) is 83.9 Å². The van der Waals surface area contributed by atoms with E-state index in [-0.39, 0.29) is 5.91 Å². The molecule has 1 N–H and O–H groups in total. The van der Waals surface area contributed by atoms with Crippen LogP contribution < -0.4 is 33.7 Å². The molecule has 5 rings (SSSR count). The van der Waals surface area contributed by atoms with E-state index in [1.807, 2.05) is 42.5 Å². The zero-order chi connectivity index (χ0) is 31.2. The van der Waals surface area contributed by atoms with Crippen molar-refractivity contribution < 1.29 is 33.2 Å². The summed E-state index contributed by atoms with van der Waals surface area (Å²) in [5, 5.41) is 2.97. The number of hydrogen-bond donors (Lipinski definition) is 1. The molecule has 0 aliphatic rings. The summed E-state index contributed by atoms with van der Waals surface area (Å²) in [6.45, 7) is 0.403. The van der Waals surface area contributed by atoms with Crippen molar-refractivity contribution in [1.29, 1.82) is 0 Å². The molecule has 44 heavy (non-hydrogen) atoms. The Balaban J connectivity index is 1.69. The molecular formula is C34H33N3O7. The van der Waals surface area contributed by atoms with Crippen LogP contribution in [0.4, 0.5) is 0 Å². The minimum Gasteiger partial charge on any atom is -0.493 e. The van der Waals surface area contributed by atoms with Gasteiger partial charge in [0.1, 0.15) is 0 Å². The van der Waals surface area contributed by atoms with Gasteiger partial charge in [-0.05, 0) is 48.0 Å². The Bertz CT molecular complexity index is 1760. The van der Waals surface area contributed by atoms with Crippen LogP contribution in [0.2, 0.25) is 0 Å². The highest BCUT2D eigenvalue weighted by molar-refractivity contribution is 5.98. The summed E-state index contributed by atoms with van der Waals surface area (Å²) < 4.78 is 33.6. The van der Waals surface area contributed by atoms with E-state index in [1.165, 1.54) is 0 Å². The molecule has 0 fully saturated rings. The second-order valence-electron chi connectivity index (χ2n) is 9.62. The number of amides is 1. The molecule has 0 atom stereocenters. The first-order chi connectivity index (χ1) is 21.4. The standard InChI is InChI=1S/C34H33N3O7/c1-39-26-15-22(16-27(40-2)32(26)43-5)30-31(23-17-28(41-3)33(44-6)29(18-23)42-4)37-25-14-21(12-13-24(25)36-30)34(38)35-19-20-10-8-7-9-11-20/h7-18H,19H2,1-6H3,(H,35,38). The SMILES string of the molecule is COc1cc(-c2nc3ccc(C(=O)NCc4ccccc4)cc3nc2-c2cc(OC)c(OC)c(OC)c2)cc(OC)c1OC. The van der Waals surface area contributed by atoms with E-state index in [1.54, 1.807) is 73.0 Å². The molecule has 0 saturated carbocycles. The maximum absolute atomic E-state index is 13.1. The lowest BCUT2D eigenvalue weighted by molar-refractivity contribution is 0.0951. The molecule has 0 radical (unpaired) electrons. The predicted molar refractivity (Wildman–Crippen MR) is 167 cm³/mol. The number of methoxy groups -OCH3 is 6. The monoisotopic (exact) mass is 595 g/mol. The molecule has 0 aliphatic carbocycles. The molecule has 4 aromatic carbocycles. The van der Waals surface area contributed by atoms with Crippen LogP contribution in [0, 0.1) is 0 Å². The number of benzene rings is 4. The van der Waals surface area contributed by atoms with E-state index >= 15 is 0 Å². The van der Waals surface area contributed by atoms with Gasteiger partial charge in [-0.1, -0.05) is 30.3 Å². The third-order valence-corrected chi connectivity index (χ3v) is 7.10. The Morgan fingerprint density at radius 2 is 1.07 bits per heavy atom.